The van der Waals surface area contributed by atoms with Crippen LogP contribution in [0.25, 0.3) is 0 Å². The van der Waals surface area contributed by atoms with Crippen molar-refractivity contribution in [1.82, 2.24) is 15.3 Å². The van der Waals surface area contributed by atoms with Crippen molar-refractivity contribution in [1.29, 1.82) is 0 Å². The van der Waals surface area contributed by atoms with Gasteiger partial charge in [0.05, 0.1) is 13.7 Å². The summed E-state index contributed by atoms with van der Waals surface area (Å²) in [5, 5.41) is 2.97. The molecule has 0 aliphatic carbocycles. The summed E-state index contributed by atoms with van der Waals surface area (Å²) in [5.74, 6) is 0.827. The van der Waals surface area contributed by atoms with Crippen molar-refractivity contribution in [3.63, 3.8) is 0 Å². The van der Waals surface area contributed by atoms with Gasteiger partial charge in [0.25, 0.3) is 0 Å². The standard InChI is InChI=1S/C11H17ClN4O2/c1-4-13-8(17)6-16(5-2)11-9(18-3)10(12)14-7-15-11/h7H,4-6H2,1-3H3,(H,13,17). The fourth-order valence-corrected chi connectivity index (χ4v) is 1.71. The van der Waals surface area contributed by atoms with E-state index in [9.17, 15) is 4.79 Å². The zero-order valence-electron chi connectivity index (χ0n) is 10.7. The van der Waals surface area contributed by atoms with Crippen LogP contribution in [0, 0.1) is 0 Å². The summed E-state index contributed by atoms with van der Waals surface area (Å²) in [6.07, 6.45) is 1.35. The third kappa shape index (κ3) is 3.46. The molecule has 0 aliphatic heterocycles. The zero-order chi connectivity index (χ0) is 13.5. The number of nitrogens with zero attached hydrogens (tertiary/aromatic N) is 3. The molecule has 1 N–H and O–H groups in total. The molecule has 0 unspecified atom stereocenters. The maximum absolute atomic E-state index is 11.6. The molecule has 0 aliphatic rings. The molecule has 6 nitrogen and oxygen atoms in total. The number of amides is 1. The maximum Gasteiger partial charge on any atom is 0.239 e. The van der Waals surface area contributed by atoms with Crippen LogP contribution in [0.4, 0.5) is 5.82 Å². The van der Waals surface area contributed by atoms with Crippen LogP contribution in [0.15, 0.2) is 6.33 Å². The molecule has 18 heavy (non-hydrogen) atoms. The summed E-state index contributed by atoms with van der Waals surface area (Å²) < 4.78 is 5.17. The largest absolute Gasteiger partial charge is 0.490 e. The third-order valence-electron chi connectivity index (χ3n) is 2.34. The molecule has 0 saturated heterocycles. The van der Waals surface area contributed by atoms with Gasteiger partial charge in [0.15, 0.2) is 16.7 Å². The second-order valence-electron chi connectivity index (χ2n) is 3.49. The van der Waals surface area contributed by atoms with Crippen molar-refractivity contribution in [2.75, 3.05) is 31.6 Å². The van der Waals surface area contributed by atoms with Gasteiger partial charge >= 0.3 is 0 Å². The lowest BCUT2D eigenvalue weighted by atomic mass is 10.4. The number of carbonyl (C=O) groups excluding carboxylic acids is 1. The van der Waals surface area contributed by atoms with Crippen molar-refractivity contribution in [3.05, 3.63) is 11.5 Å². The quantitative estimate of drug-likeness (QED) is 0.786. The molecule has 1 aromatic heterocycles. The molecular formula is C11H17ClN4O2. The lowest BCUT2D eigenvalue weighted by Gasteiger charge is -2.22. The topological polar surface area (TPSA) is 67.4 Å². The number of methoxy groups -OCH3 is 1. The van der Waals surface area contributed by atoms with Crippen molar-refractivity contribution in [2.24, 2.45) is 0 Å². The van der Waals surface area contributed by atoms with E-state index in [0.29, 0.717) is 24.7 Å². The highest BCUT2D eigenvalue weighted by molar-refractivity contribution is 6.31. The Bertz CT molecular complexity index is 414. The zero-order valence-corrected chi connectivity index (χ0v) is 11.5. The minimum atomic E-state index is -0.0730. The van der Waals surface area contributed by atoms with Gasteiger partial charge in [-0.1, -0.05) is 11.6 Å². The molecule has 7 heteroatoms. The molecule has 0 radical (unpaired) electrons. The van der Waals surface area contributed by atoms with Crippen LogP contribution in [0.1, 0.15) is 13.8 Å². The van der Waals surface area contributed by atoms with Gasteiger partial charge in [0, 0.05) is 13.1 Å². The highest BCUT2D eigenvalue weighted by Gasteiger charge is 2.18. The number of aromatic nitrogens is 2. The number of rotatable bonds is 6. The lowest BCUT2D eigenvalue weighted by Crippen LogP contribution is -2.37. The Morgan fingerprint density at radius 1 is 1.50 bits per heavy atom. The monoisotopic (exact) mass is 272 g/mol. The molecule has 0 atom stereocenters. The van der Waals surface area contributed by atoms with E-state index < -0.39 is 0 Å². The van der Waals surface area contributed by atoms with Crippen LogP contribution in [-0.4, -0.2) is 42.6 Å². The predicted octanol–water partition coefficient (Wildman–Crippen LogP) is 1.10. The number of hydrogen-bond donors (Lipinski definition) is 1. The summed E-state index contributed by atoms with van der Waals surface area (Å²) in [6, 6.07) is 0. The Balaban J connectivity index is 2.94. The van der Waals surface area contributed by atoms with Crippen LogP contribution >= 0.6 is 11.6 Å². The molecule has 0 saturated carbocycles. The fourth-order valence-electron chi connectivity index (χ4n) is 1.51. The van der Waals surface area contributed by atoms with Gasteiger partial charge in [-0.2, -0.15) is 0 Å². The average molecular weight is 273 g/mol. The lowest BCUT2D eigenvalue weighted by molar-refractivity contribution is -0.119. The first-order valence-electron chi connectivity index (χ1n) is 5.70. The Morgan fingerprint density at radius 3 is 2.78 bits per heavy atom. The smallest absolute Gasteiger partial charge is 0.239 e. The summed E-state index contributed by atoms with van der Waals surface area (Å²) in [4.78, 5) is 21.3. The Labute approximate surface area is 111 Å². The summed E-state index contributed by atoms with van der Waals surface area (Å²) in [6.45, 7) is 5.21. The van der Waals surface area contributed by atoms with Crippen molar-refractivity contribution >= 4 is 23.3 Å². The number of carbonyl (C=O) groups is 1. The van der Waals surface area contributed by atoms with E-state index in [2.05, 4.69) is 15.3 Å². The van der Waals surface area contributed by atoms with Gasteiger partial charge in [0.1, 0.15) is 6.33 Å². The van der Waals surface area contributed by atoms with E-state index in [1.807, 2.05) is 13.8 Å². The van der Waals surface area contributed by atoms with E-state index in [1.54, 1.807) is 4.90 Å². The van der Waals surface area contributed by atoms with Gasteiger partial charge in [0.2, 0.25) is 5.91 Å². The van der Waals surface area contributed by atoms with Gasteiger partial charge in [-0.25, -0.2) is 9.97 Å². The highest BCUT2D eigenvalue weighted by Crippen LogP contribution is 2.30. The molecular weight excluding hydrogens is 256 g/mol. The SMILES string of the molecule is CCNC(=O)CN(CC)c1ncnc(Cl)c1OC. The minimum absolute atomic E-state index is 0.0730. The molecule has 0 fully saturated rings. The molecule has 0 spiro atoms. The molecule has 1 aromatic rings. The molecule has 0 aromatic carbocycles. The van der Waals surface area contributed by atoms with Crippen molar-refractivity contribution in [2.45, 2.75) is 13.8 Å². The van der Waals surface area contributed by atoms with Crippen LogP contribution in [-0.2, 0) is 4.79 Å². The van der Waals surface area contributed by atoms with E-state index in [0.717, 1.165) is 0 Å². The third-order valence-corrected chi connectivity index (χ3v) is 2.60. The number of ether oxygens (including phenoxy) is 1. The van der Waals surface area contributed by atoms with Gasteiger partial charge < -0.3 is 15.0 Å². The summed E-state index contributed by atoms with van der Waals surface area (Å²) in [7, 11) is 1.49. The van der Waals surface area contributed by atoms with Gasteiger partial charge in [-0.3, -0.25) is 4.79 Å². The van der Waals surface area contributed by atoms with Gasteiger partial charge in [-0.05, 0) is 13.8 Å². The van der Waals surface area contributed by atoms with Crippen molar-refractivity contribution < 1.29 is 9.53 Å². The number of hydrogen-bond acceptors (Lipinski definition) is 5. The minimum Gasteiger partial charge on any atom is -0.490 e. The van der Waals surface area contributed by atoms with Crippen LogP contribution < -0.4 is 15.0 Å². The molecule has 1 heterocycles. The van der Waals surface area contributed by atoms with Crippen LogP contribution in [0.2, 0.25) is 5.15 Å². The van der Waals surface area contributed by atoms with E-state index in [-0.39, 0.29) is 17.6 Å². The average Bonchev–Trinajstić information content (AvgIpc) is 2.36. The maximum atomic E-state index is 11.6. The summed E-state index contributed by atoms with van der Waals surface area (Å²) in [5.41, 5.74) is 0. The molecule has 1 rings (SSSR count). The van der Waals surface area contributed by atoms with Crippen LogP contribution in [0.5, 0.6) is 5.75 Å². The first-order valence-corrected chi connectivity index (χ1v) is 6.07. The molecule has 100 valence electrons. The van der Waals surface area contributed by atoms with E-state index in [4.69, 9.17) is 16.3 Å². The number of anilines is 1. The molecule has 0 bridgehead atoms. The van der Waals surface area contributed by atoms with Crippen LogP contribution in [0.3, 0.4) is 0 Å². The molecule has 1 amide bonds. The number of likely N-dealkylation sites (N-methyl/N-ethyl adjacent to an activating group) is 2. The van der Waals surface area contributed by atoms with Gasteiger partial charge in [-0.15, -0.1) is 0 Å². The second kappa shape index (κ2) is 7.00. The normalized spacial score (nSPS) is 10.0. The van der Waals surface area contributed by atoms with Crippen molar-refractivity contribution in [3.8, 4) is 5.75 Å². The summed E-state index contributed by atoms with van der Waals surface area (Å²) >= 11 is 5.92. The first-order chi connectivity index (χ1) is 8.63. The first kappa shape index (κ1) is 14.5. The van der Waals surface area contributed by atoms with E-state index >= 15 is 0 Å². The predicted molar refractivity (Wildman–Crippen MR) is 70.2 cm³/mol. The number of halogens is 1. The second-order valence-corrected chi connectivity index (χ2v) is 3.85. The Kier molecular flexibility index (Phi) is 5.64. The Morgan fingerprint density at radius 2 is 2.22 bits per heavy atom. The Hall–Kier alpha value is -1.56. The fraction of sp³-hybridized carbons (Fsp3) is 0.545. The van der Waals surface area contributed by atoms with E-state index in [1.165, 1.54) is 13.4 Å². The highest BCUT2D eigenvalue weighted by atomic mass is 35.5. The number of nitrogens with one attached hydrogen (secondary N) is 1.